The maximum atomic E-state index is 0. The van der Waals surface area contributed by atoms with Crippen molar-refractivity contribution >= 4 is 0 Å². The van der Waals surface area contributed by atoms with Gasteiger partial charge in [0.1, 0.15) is 0 Å². The zero-order valence-electron chi connectivity index (χ0n) is 2.00. The summed E-state index contributed by atoms with van der Waals surface area (Å²) in [7, 11) is 0. The first kappa shape index (κ1) is 31100. The van der Waals surface area contributed by atoms with Crippen LogP contribution >= 0.6 is 0 Å². The van der Waals surface area contributed by atoms with Gasteiger partial charge in [0.15, 0.2) is 0 Å². The first-order chi connectivity index (χ1) is 0. The van der Waals surface area contributed by atoms with E-state index in [1.54, 1.807) is 0 Å². The number of rotatable bonds is 0. The first-order valence-electron chi connectivity index (χ1n) is 0. The normalized spacial score (nSPS) is 0. The molecule has 0 atom stereocenters. The van der Waals surface area contributed by atoms with E-state index in [1.807, 2.05) is 0 Å². The summed E-state index contributed by atoms with van der Waals surface area (Å²) < 4.78 is 0. The molecule has 0 saturated carbocycles. The van der Waals surface area contributed by atoms with Gasteiger partial charge in [-0.05, 0) is 0 Å². The van der Waals surface area contributed by atoms with Crippen molar-refractivity contribution < 1.29 is 19.5 Å². The van der Waals surface area contributed by atoms with Crippen LogP contribution in [-0.4, -0.2) is 0 Å². The predicted octanol–water partition coefficient (Wildman–Crippen LogP) is 13.1. The van der Waals surface area contributed by atoms with Crippen LogP contribution in [0.25, 0.3) is 0 Å². The van der Waals surface area contributed by atoms with Crippen molar-refractivity contribution in [3.05, 3.63) is 14.9 Å². The van der Waals surface area contributed by atoms with Crippen molar-refractivity contribution in [2.75, 3.05) is 0 Å². The van der Waals surface area contributed by atoms with E-state index in [0.29, 0.717) is 0 Å². The van der Waals surface area contributed by atoms with Gasteiger partial charge in [-0.2, -0.15) is 0 Å². The van der Waals surface area contributed by atoms with Crippen LogP contribution in [0, 0.1) is 14.9 Å². The molecule has 0 aromatic rings. The Balaban J connectivity index is 0. The Bertz CT molecular complexity index is 5.93. The molecule has 0 amide bonds. The molecule has 0 unspecified atom stereocenters. The molecular formula is C22H88Zn-2. The zero-order valence-corrected chi connectivity index (χ0v) is 2.00. The zero-order chi connectivity index (χ0) is 0. The summed E-state index contributed by atoms with van der Waals surface area (Å²) in [4.78, 5) is 0. The fraction of sp³-hybridized carbons (Fsp3) is 0.909. The van der Waals surface area contributed by atoms with E-state index < -0.39 is 0 Å². The summed E-state index contributed by atoms with van der Waals surface area (Å²) in [5.41, 5.74) is 0. The second-order valence-electron chi connectivity index (χ2n) is 0. The molecule has 0 aromatic heterocycles. The van der Waals surface area contributed by atoms with Crippen molar-refractivity contribution in [1.82, 2.24) is 0 Å². The maximum absolute atomic E-state index is 0. The summed E-state index contributed by atoms with van der Waals surface area (Å²) >= 11 is 0. The van der Waals surface area contributed by atoms with Gasteiger partial charge in [-0.15, -0.1) is 0 Å². The van der Waals surface area contributed by atoms with Crippen LogP contribution in [0.5, 0.6) is 0 Å². The van der Waals surface area contributed by atoms with Crippen LogP contribution in [0.3, 0.4) is 0 Å². The fourth-order valence-corrected chi connectivity index (χ4v) is 0. The van der Waals surface area contributed by atoms with Crippen LogP contribution in [0.15, 0.2) is 0 Å². The first-order valence-corrected chi connectivity index (χ1v) is 0. The van der Waals surface area contributed by atoms with Crippen LogP contribution in [0.4, 0.5) is 0 Å². The molecule has 180 valence electrons. The van der Waals surface area contributed by atoms with Gasteiger partial charge in [-0.1, -0.05) is 149 Å². The Morgan fingerprint density at radius 3 is 0.130 bits per heavy atom. The van der Waals surface area contributed by atoms with Crippen molar-refractivity contribution in [2.45, 2.75) is 149 Å². The second kappa shape index (κ2) is 27200. The minimum atomic E-state index is 0. The van der Waals surface area contributed by atoms with Gasteiger partial charge >= 0.3 is 19.5 Å². The Hall–Kier alpha value is 0.623. The standard InChI is InChI=1S/20CH4.2CH3.Zn.2H/h20*1H4;2*1H3;;;/q;;;;;;;;;;;;;;;;;;;;2*-1;;;. The monoisotopic (exact) mass is 417 g/mol. The van der Waals surface area contributed by atoms with Crippen molar-refractivity contribution in [2.24, 2.45) is 0 Å². The Kier molecular flexibility index (Phi) is 36800000. The number of hydrogen-bond acceptors (Lipinski definition) is 0. The molecule has 0 heterocycles. The molecule has 23 heavy (non-hydrogen) atoms. The summed E-state index contributed by atoms with van der Waals surface area (Å²) in [6.07, 6.45) is 0. The Labute approximate surface area is 182 Å². The van der Waals surface area contributed by atoms with E-state index in [0.717, 1.165) is 0 Å². The molecule has 0 nitrogen and oxygen atoms in total. The van der Waals surface area contributed by atoms with Gasteiger partial charge in [0.05, 0.1) is 0 Å². The third-order valence-electron chi connectivity index (χ3n) is 0. The van der Waals surface area contributed by atoms with Gasteiger partial charge < -0.3 is 14.9 Å². The van der Waals surface area contributed by atoms with E-state index >= 15 is 0 Å². The molecule has 0 saturated heterocycles. The molecular weight excluding hydrogens is 330 g/mol. The molecule has 0 aliphatic heterocycles. The third-order valence-corrected chi connectivity index (χ3v) is 0. The average Bonchev–Trinajstić information content (AvgIpc) is 0. The van der Waals surface area contributed by atoms with E-state index in [1.165, 1.54) is 0 Å². The molecule has 0 N–H and O–H groups in total. The molecule has 0 bridgehead atoms. The summed E-state index contributed by atoms with van der Waals surface area (Å²) in [5, 5.41) is 0. The van der Waals surface area contributed by atoms with Gasteiger partial charge in [0, 0.05) is 0 Å². The SMILES string of the molecule is C.C.C.C.C.C.C.C.C.C.C.C.C.C.C.C.C.C.C.C.[CH3-].[CH3-].[ZnH2]. The Morgan fingerprint density at radius 1 is 0.130 bits per heavy atom. The molecule has 0 aliphatic carbocycles. The topological polar surface area (TPSA) is 0 Å². The van der Waals surface area contributed by atoms with E-state index in [-0.39, 0.29) is 183 Å². The van der Waals surface area contributed by atoms with E-state index in [9.17, 15) is 0 Å². The van der Waals surface area contributed by atoms with Crippen molar-refractivity contribution in [1.29, 1.82) is 0 Å². The van der Waals surface area contributed by atoms with Crippen molar-refractivity contribution in [3.63, 3.8) is 0 Å². The van der Waals surface area contributed by atoms with Crippen LogP contribution in [0.1, 0.15) is 149 Å². The van der Waals surface area contributed by atoms with Crippen LogP contribution < -0.4 is 0 Å². The van der Waals surface area contributed by atoms with Crippen LogP contribution in [0.2, 0.25) is 0 Å². The molecule has 0 aromatic carbocycles. The van der Waals surface area contributed by atoms with Crippen molar-refractivity contribution in [3.8, 4) is 0 Å². The van der Waals surface area contributed by atoms with Gasteiger partial charge in [0.2, 0.25) is 0 Å². The molecule has 0 fully saturated rings. The number of hydrogen-bond donors (Lipinski definition) is 0. The summed E-state index contributed by atoms with van der Waals surface area (Å²) in [6.45, 7) is 0. The summed E-state index contributed by atoms with van der Waals surface area (Å²) in [6, 6.07) is 0. The molecule has 0 spiro atoms. The van der Waals surface area contributed by atoms with E-state index in [2.05, 4.69) is 0 Å². The summed E-state index contributed by atoms with van der Waals surface area (Å²) in [5.74, 6) is 0. The third kappa shape index (κ3) is 24800. The van der Waals surface area contributed by atoms with Gasteiger partial charge in [-0.25, -0.2) is 0 Å². The molecule has 0 aliphatic rings. The van der Waals surface area contributed by atoms with Crippen LogP contribution in [-0.2, 0) is 19.5 Å². The van der Waals surface area contributed by atoms with Gasteiger partial charge in [-0.3, -0.25) is 0 Å². The quantitative estimate of drug-likeness (QED) is 0.271. The predicted molar refractivity (Wildman–Crippen MR) is 150 cm³/mol. The second-order valence-corrected chi connectivity index (χ2v) is 0. The van der Waals surface area contributed by atoms with Gasteiger partial charge in [0.25, 0.3) is 0 Å². The Morgan fingerprint density at radius 2 is 0.130 bits per heavy atom. The fourth-order valence-electron chi connectivity index (χ4n) is 0. The van der Waals surface area contributed by atoms with E-state index in [4.69, 9.17) is 0 Å². The average molecular weight is 418 g/mol. The minimum absolute atomic E-state index is 0. The molecule has 0 radical (unpaired) electrons. The molecule has 1 heteroatoms. The molecule has 0 rings (SSSR count).